The standard InChI is InChI=1S/C18H20FO3P/c19-17(15-9-3-1-4-10-15)13-7-8-14-18(17,23(20,21)22)16-11-5-2-6-12-16/h1-6,9-12H,7-8,13-14H2,(H2,20,21,22). The molecular formula is C18H20FO3P. The topological polar surface area (TPSA) is 57.5 Å². The summed E-state index contributed by atoms with van der Waals surface area (Å²) in [5, 5.41) is -1.83. The van der Waals surface area contributed by atoms with E-state index in [4.69, 9.17) is 0 Å². The molecule has 1 aliphatic carbocycles. The molecule has 0 saturated heterocycles. The van der Waals surface area contributed by atoms with Gasteiger partial charge in [0.05, 0.1) is 0 Å². The highest BCUT2D eigenvalue weighted by molar-refractivity contribution is 7.53. The minimum Gasteiger partial charge on any atom is -0.324 e. The summed E-state index contributed by atoms with van der Waals surface area (Å²) in [6, 6.07) is 16.9. The van der Waals surface area contributed by atoms with Gasteiger partial charge in [-0.25, -0.2) is 4.39 Å². The SMILES string of the molecule is O=P(O)(O)C1(c2ccccc2)CCCCC1(F)c1ccccc1. The first kappa shape index (κ1) is 16.4. The maximum Gasteiger partial charge on any atom is 0.339 e. The Bertz CT molecular complexity index is 716. The minimum atomic E-state index is -4.76. The number of benzene rings is 2. The summed E-state index contributed by atoms with van der Waals surface area (Å²) >= 11 is 0. The molecule has 3 nitrogen and oxygen atoms in total. The van der Waals surface area contributed by atoms with Crippen molar-refractivity contribution in [2.24, 2.45) is 0 Å². The fourth-order valence-corrected chi connectivity index (χ4v) is 5.51. The van der Waals surface area contributed by atoms with Crippen molar-refractivity contribution in [2.45, 2.75) is 36.5 Å². The van der Waals surface area contributed by atoms with Crippen LogP contribution in [-0.4, -0.2) is 9.79 Å². The lowest BCUT2D eigenvalue weighted by Crippen LogP contribution is -2.48. The molecule has 0 aromatic heterocycles. The second-order valence-electron chi connectivity index (χ2n) is 6.14. The van der Waals surface area contributed by atoms with Gasteiger partial charge in [-0.15, -0.1) is 0 Å². The Balaban J connectivity index is 2.30. The second-order valence-corrected chi connectivity index (χ2v) is 8.00. The van der Waals surface area contributed by atoms with E-state index in [0.717, 1.165) is 0 Å². The molecule has 0 spiro atoms. The molecule has 1 fully saturated rings. The first-order valence-corrected chi connectivity index (χ1v) is 9.39. The van der Waals surface area contributed by atoms with Gasteiger partial charge in [-0.05, 0) is 30.4 Å². The predicted octanol–water partition coefficient (Wildman–Crippen LogP) is 4.50. The number of rotatable bonds is 3. The highest BCUT2D eigenvalue weighted by atomic mass is 31.2. The van der Waals surface area contributed by atoms with Crippen molar-refractivity contribution in [1.29, 1.82) is 0 Å². The summed E-state index contributed by atoms with van der Waals surface area (Å²) in [4.78, 5) is 20.4. The number of alkyl halides is 1. The third-order valence-electron chi connectivity index (χ3n) is 4.95. The zero-order valence-corrected chi connectivity index (χ0v) is 13.6. The van der Waals surface area contributed by atoms with E-state index in [1.165, 1.54) is 0 Å². The van der Waals surface area contributed by atoms with Crippen molar-refractivity contribution in [2.75, 3.05) is 0 Å². The summed E-state index contributed by atoms with van der Waals surface area (Å²) in [7, 11) is -4.76. The molecule has 0 amide bonds. The van der Waals surface area contributed by atoms with Gasteiger partial charge in [-0.3, -0.25) is 4.57 Å². The van der Waals surface area contributed by atoms with E-state index in [1.807, 2.05) is 0 Å². The van der Waals surface area contributed by atoms with Crippen LogP contribution in [-0.2, 0) is 15.4 Å². The van der Waals surface area contributed by atoms with Crippen molar-refractivity contribution < 1.29 is 18.7 Å². The Morgan fingerprint density at radius 2 is 1.30 bits per heavy atom. The fraction of sp³-hybridized carbons (Fsp3) is 0.333. The molecule has 2 N–H and O–H groups in total. The number of hydrogen-bond acceptors (Lipinski definition) is 1. The van der Waals surface area contributed by atoms with Gasteiger partial charge in [0.1, 0.15) is 5.16 Å². The van der Waals surface area contributed by atoms with Crippen molar-refractivity contribution in [3.8, 4) is 0 Å². The van der Waals surface area contributed by atoms with E-state index in [9.17, 15) is 14.4 Å². The molecule has 2 unspecified atom stereocenters. The maximum atomic E-state index is 16.3. The summed E-state index contributed by atoms with van der Waals surface area (Å²) in [6.45, 7) is 0. The highest BCUT2D eigenvalue weighted by Crippen LogP contribution is 2.71. The maximum absolute atomic E-state index is 16.3. The van der Waals surface area contributed by atoms with Gasteiger partial charge in [0.25, 0.3) is 0 Å². The first-order chi connectivity index (χ1) is 10.9. The molecule has 2 aromatic rings. The Hall–Kier alpha value is -1.48. The number of hydrogen-bond donors (Lipinski definition) is 2. The monoisotopic (exact) mass is 334 g/mol. The molecule has 1 aliphatic rings. The van der Waals surface area contributed by atoms with E-state index in [1.54, 1.807) is 60.7 Å². The van der Waals surface area contributed by atoms with Crippen LogP contribution in [0.1, 0.15) is 36.8 Å². The van der Waals surface area contributed by atoms with E-state index in [-0.39, 0.29) is 12.8 Å². The molecule has 2 atom stereocenters. The fourth-order valence-electron chi connectivity index (χ4n) is 3.87. The van der Waals surface area contributed by atoms with Crippen LogP contribution in [0, 0.1) is 0 Å². The molecule has 3 rings (SSSR count). The van der Waals surface area contributed by atoms with Gasteiger partial charge in [0.2, 0.25) is 0 Å². The van der Waals surface area contributed by atoms with Crippen molar-refractivity contribution in [3.05, 3.63) is 71.8 Å². The molecule has 0 bridgehead atoms. The van der Waals surface area contributed by atoms with E-state index in [0.29, 0.717) is 24.0 Å². The molecule has 0 radical (unpaired) electrons. The van der Waals surface area contributed by atoms with Crippen LogP contribution in [0.2, 0.25) is 0 Å². The third kappa shape index (κ3) is 2.46. The van der Waals surface area contributed by atoms with Gasteiger partial charge in [-0.2, -0.15) is 0 Å². The molecule has 0 aliphatic heterocycles. The smallest absolute Gasteiger partial charge is 0.324 e. The zero-order valence-electron chi connectivity index (χ0n) is 12.7. The van der Waals surface area contributed by atoms with Crippen LogP contribution < -0.4 is 0 Å². The lowest BCUT2D eigenvalue weighted by atomic mass is 9.69. The summed E-state index contributed by atoms with van der Waals surface area (Å²) in [6.07, 6.45) is 1.45. The molecule has 23 heavy (non-hydrogen) atoms. The predicted molar refractivity (Wildman–Crippen MR) is 87.9 cm³/mol. The van der Waals surface area contributed by atoms with E-state index >= 15 is 4.39 Å². The quantitative estimate of drug-likeness (QED) is 0.813. The lowest BCUT2D eigenvalue weighted by molar-refractivity contribution is 0.0356. The molecule has 122 valence electrons. The summed E-state index contributed by atoms with van der Waals surface area (Å²) in [5.41, 5.74) is -1.38. The summed E-state index contributed by atoms with van der Waals surface area (Å²) in [5.74, 6) is 0. The Kier molecular flexibility index (Phi) is 4.18. The lowest BCUT2D eigenvalue weighted by Gasteiger charge is -2.49. The molecule has 5 heteroatoms. The van der Waals surface area contributed by atoms with Crippen molar-refractivity contribution in [3.63, 3.8) is 0 Å². The van der Waals surface area contributed by atoms with Gasteiger partial charge in [-0.1, -0.05) is 67.1 Å². The second kappa shape index (κ2) is 5.86. The average molecular weight is 334 g/mol. The van der Waals surface area contributed by atoms with E-state index in [2.05, 4.69) is 0 Å². The van der Waals surface area contributed by atoms with E-state index < -0.39 is 18.4 Å². The van der Waals surface area contributed by atoms with Crippen LogP contribution in [0.25, 0.3) is 0 Å². The van der Waals surface area contributed by atoms with Crippen LogP contribution in [0.4, 0.5) is 4.39 Å². The zero-order chi connectivity index (χ0) is 16.6. The third-order valence-corrected chi connectivity index (χ3v) is 6.78. The normalized spacial score (nSPS) is 28.5. The van der Waals surface area contributed by atoms with Gasteiger partial charge >= 0.3 is 7.60 Å². The van der Waals surface area contributed by atoms with Gasteiger partial charge in [0, 0.05) is 0 Å². The Morgan fingerprint density at radius 3 is 1.83 bits per heavy atom. The highest BCUT2D eigenvalue weighted by Gasteiger charge is 2.65. The Labute approximate surface area is 135 Å². The van der Waals surface area contributed by atoms with Gasteiger partial charge < -0.3 is 9.79 Å². The average Bonchev–Trinajstić information content (AvgIpc) is 2.56. The van der Waals surface area contributed by atoms with Crippen LogP contribution in [0.15, 0.2) is 60.7 Å². The van der Waals surface area contributed by atoms with Crippen molar-refractivity contribution >= 4 is 7.60 Å². The summed E-state index contributed by atoms with van der Waals surface area (Å²) < 4.78 is 28.9. The van der Waals surface area contributed by atoms with Crippen LogP contribution in [0.3, 0.4) is 0 Å². The van der Waals surface area contributed by atoms with Crippen LogP contribution in [0.5, 0.6) is 0 Å². The minimum absolute atomic E-state index is 0.108. The van der Waals surface area contributed by atoms with Crippen LogP contribution >= 0.6 is 7.60 Å². The Morgan fingerprint density at radius 1 is 0.826 bits per heavy atom. The molecular weight excluding hydrogens is 314 g/mol. The van der Waals surface area contributed by atoms with Gasteiger partial charge in [0.15, 0.2) is 5.67 Å². The largest absolute Gasteiger partial charge is 0.339 e. The molecule has 2 aromatic carbocycles. The first-order valence-electron chi connectivity index (χ1n) is 7.77. The molecule has 0 heterocycles. The van der Waals surface area contributed by atoms with Crippen molar-refractivity contribution in [1.82, 2.24) is 0 Å². The number of halogens is 1. The molecule has 1 saturated carbocycles.